The van der Waals surface area contributed by atoms with Crippen molar-refractivity contribution in [3.63, 3.8) is 0 Å². The van der Waals surface area contributed by atoms with Gasteiger partial charge in [-0.05, 0) is 18.6 Å². The van der Waals surface area contributed by atoms with E-state index in [4.69, 9.17) is 11.6 Å². The van der Waals surface area contributed by atoms with Crippen LogP contribution in [0.4, 0.5) is 0 Å². The van der Waals surface area contributed by atoms with Crippen LogP contribution < -0.4 is 0 Å². The number of carbonyl (C=O) groups is 1. The van der Waals surface area contributed by atoms with Gasteiger partial charge in [-0.2, -0.15) is 4.31 Å². The van der Waals surface area contributed by atoms with E-state index < -0.39 is 15.9 Å². The van der Waals surface area contributed by atoms with Crippen LogP contribution in [0.15, 0.2) is 23.2 Å². The molecule has 8 heteroatoms. The third-order valence-corrected chi connectivity index (χ3v) is 5.10. The Morgan fingerprint density at radius 2 is 2.26 bits per heavy atom. The minimum atomic E-state index is -3.63. The summed E-state index contributed by atoms with van der Waals surface area (Å²) in [7, 11) is -2.33. The van der Waals surface area contributed by atoms with E-state index in [0.717, 1.165) is 0 Å². The largest absolute Gasteiger partial charge is 0.469 e. The first-order valence-electron chi connectivity index (χ1n) is 5.64. The Morgan fingerprint density at radius 1 is 1.53 bits per heavy atom. The molecule has 0 bridgehead atoms. The SMILES string of the molecule is COC(=O)C1CCN(S(=O)(=O)c2ccc(Cl)nc2)C1. The summed E-state index contributed by atoms with van der Waals surface area (Å²) in [6, 6.07) is 2.82. The molecular formula is C11H13ClN2O4S. The predicted molar refractivity (Wildman–Crippen MR) is 68.1 cm³/mol. The van der Waals surface area contributed by atoms with E-state index >= 15 is 0 Å². The summed E-state index contributed by atoms with van der Waals surface area (Å²) in [5.74, 6) is -0.785. The summed E-state index contributed by atoms with van der Waals surface area (Å²) in [5.41, 5.74) is 0. The average molecular weight is 305 g/mol. The highest BCUT2D eigenvalue weighted by Crippen LogP contribution is 2.25. The van der Waals surface area contributed by atoms with Gasteiger partial charge in [-0.25, -0.2) is 13.4 Å². The van der Waals surface area contributed by atoms with E-state index in [9.17, 15) is 13.2 Å². The lowest BCUT2D eigenvalue weighted by molar-refractivity contribution is -0.144. The molecule has 19 heavy (non-hydrogen) atoms. The monoisotopic (exact) mass is 304 g/mol. The topological polar surface area (TPSA) is 76.6 Å². The van der Waals surface area contributed by atoms with Crippen molar-refractivity contribution in [2.45, 2.75) is 11.3 Å². The minimum Gasteiger partial charge on any atom is -0.469 e. The van der Waals surface area contributed by atoms with Gasteiger partial charge in [0.15, 0.2) is 0 Å². The standard InChI is InChI=1S/C11H13ClN2O4S/c1-18-11(15)8-4-5-14(7-8)19(16,17)9-2-3-10(12)13-6-9/h2-3,6,8H,4-5,7H2,1H3. The number of carbonyl (C=O) groups excluding carboxylic acids is 1. The first-order chi connectivity index (χ1) is 8.95. The molecule has 0 radical (unpaired) electrons. The molecule has 1 aliphatic rings. The Labute approximate surface area is 116 Å². The first-order valence-corrected chi connectivity index (χ1v) is 7.46. The molecule has 1 unspecified atom stereocenters. The Balaban J connectivity index is 2.18. The lowest BCUT2D eigenvalue weighted by Gasteiger charge is -2.15. The third kappa shape index (κ3) is 2.88. The smallest absolute Gasteiger partial charge is 0.310 e. The van der Waals surface area contributed by atoms with Gasteiger partial charge in [-0.1, -0.05) is 11.6 Å². The van der Waals surface area contributed by atoms with E-state index in [0.29, 0.717) is 13.0 Å². The van der Waals surface area contributed by atoms with Crippen molar-refractivity contribution in [3.05, 3.63) is 23.5 Å². The summed E-state index contributed by atoms with van der Waals surface area (Å²) >= 11 is 5.62. The van der Waals surface area contributed by atoms with E-state index in [1.165, 1.54) is 29.7 Å². The highest BCUT2D eigenvalue weighted by Gasteiger charge is 2.36. The number of ether oxygens (including phenoxy) is 1. The van der Waals surface area contributed by atoms with Crippen molar-refractivity contribution < 1.29 is 17.9 Å². The highest BCUT2D eigenvalue weighted by atomic mass is 35.5. The van der Waals surface area contributed by atoms with Gasteiger partial charge in [-0.15, -0.1) is 0 Å². The summed E-state index contributed by atoms with van der Waals surface area (Å²) < 4.78 is 30.5. The van der Waals surface area contributed by atoms with Crippen LogP contribution in [0, 0.1) is 5.92 Å². The van der Waals surface area contributed by atoms with Gasteiger partial charge in [-0.3, -0.25) is 4.79 Å². The van der Waals surface area contributed by atoms with Gasteiger partial charge in [0.2, 0.25) is 10.0 Å². The second kappa shape index (κ2) is 5.44. The van der Waals surface area contributed by atoms with Crippen molar-refractivity contribution >= 4 is 27.6 Å². The fourth-order valence-corrected chi connectivity index (χ4v) is 3.53. The van der Waals surface area contributed by atoms with Crippen LogP contribution in [0.5, 0.6) is 0 Å². The second-order valence-electron chi connectivity index (χ2n) is 4.19. The maximum atomic E-state index is 12.3. The minimum absolute atomic E-state index is 0.0717. The molecule has 0 saturated carbocycles. The van der Waals surface area contributed by atoms with E-state index in [1.807, 2.05) is 0 Å². The molecule has 1 atom stereocenters. The van der Waals surface area contributed by atoms with Crippen molar-refractivity contribution in [1.29, 1.82) is 0 Å². The average Bonchev–Trinajstić information content (AvgIpc) is 2.88. The number of hydrogen-bond acceptors (Lipinski definition) is 5. The Bertz CT molecular complexity index is 573. The first kappa shape index (κ1) is 14.2. The lowest BCUT2D eigenvalue weighted by atomic mass is 10.1. The molecule has 2 rings (SSSR count). The fourth-order valence-electron chi connectivity index (χ4n) is 1.97. The van der Waals surface area contributed by atoms with Gasteiger partial charge < -0.3 is 4.74 Å². The van der Waals surface area contributed by atoms with Gasteiger partial charge in [0.1, 0.15) is 10.0 Å². The maximum absolute atomic E-state index is 12.3. The zero-order valence-corrected chi connectivity index (χ0v) is 11.8. The molecule has 1 saturated heterocycles. The zero-order valence-electron chi connectivity index (χ0n) is 10.2. The van der Waals surface area contributed by atoms with Crippen LogP contribution in [0.1, 0.15) is 6.42 Å². The molecule has 0 aromatic carbocycles. The second-order valence-corrected chi connectivity index (χ2v) is 6.51. The lowest BCUT2D eigenvalue weighted by Crippen LogP contribution is -2.30. The van der Waals surface area contributed by atoms with Crippen LogP contribution in [0.2, 0.25) is 5.15 Å². The molecule has 0 aliphatic carbocycles. The molecule has 1 aliphatic heterocycles. The van der Waals surface area contributed by atoms with Gasteiger partial charge in [0, 0.05) is 19.3 Å². The van der Waals surface area contributed by atoms with Crippen molar-refractivity contribution in [1.82, 2.24) is 9.29 Å². The van der Waals surface area contributed by atoms with E-state index in [-0.39, 0.29) is 22.6 Å². The number of halogens is 1. The van der Waals surface area contributed by atoms with Crippen LogP contribution in [0.3, 0.4) is 0 Å². The number of rotatable bonds is 3. The molecule has 1 aromatic rings. The molecule has 6 nitrogen and oxygen atoms in total. The van der Waals surface area contributed by atoms with Crippen LogP contribution in [-0.2, 0) is 19.6 Å². The molecule has 0 amide bonds. The quantitative estimate of drug-likeness (QED) is 0.613. The molecule has 1 aromatic heterocycles. The Morgan fingerprint density at radius 3 is 2.84 bits per heavy atom. The molecular weight excluding hydrogens is 292 g/mol. The van der Waals surface area contributed by atoms with Gasteiger partial charge >= 0.3 is 5.97 Å². The molecule has 2 heterocycles. The molecule has 1 fully saturated rings. The predicted octanol–water partition coefficient (Wildman–Crippen LogP) is 0.919. The van der Waals surface area contributed by atoms with Gasteiger partial charge in [0.05, 0.1) is 13.0 Å². The van der Waals surface area contributed by atoms with Crippen molar-refractivity contribution in [3.8, 4) is 0 Å². The number of aromatic nitrogens is 1. The number of sulfonamides is 1. The fraction of sp³-hybridized carbons (Fsp3) is 0.455. The van der Waals surface area contributed by atoms with E-state index in [2.05, 4.69) is 9.72 Å². The molecule has 0 N–H and O–H groups in total. The normalized spacial score (nSPS) is 20.4. The summed E-state index contributed by atoms with van der Waals surface area (Å²) in [4.78, 5) is 15.2. The van der Waals surface area contributed by atoms with E-state index in [1.54, 1.807) is 0 Å². The number of esters is 1. The molecule has 104 valence electrons. The highest BCUT2D eigenvalue weighted by molar-refractivity contribution is 7.89. The zero-order chi connectivity index (χ0) is 14.0. The summed E-state index contributed by atoms with van der Waals surface area (Å²) in [5, 5.41) is 0.229. The summed E-state index contributed by atoms with van der Waals surface area (Å²) in [6.45, 7) is 0.433. The Hall–Kier alpha value is -1.18. The molecule has 0 spiro atoms. The maximum Gasteiger partial charge on any atom is 0.310 e. The number of hydrogen-bond donors (Lipinski definition) is 0. The van der Waals surface area contributed by atoms with Gasteiger partial charge in [0.25, 0.3) is 0 Å². The summed E-state index contributed by atoms with van der Waals surface area (Å²) in [6.07, 6.45) is 1.68. The van der Waals surface area contributed by atoms with Crippen LogP contribution in [0.25, 0.3) is 0 Å². The third-order valence-electron chi connectivity index (χ3n) is 3.02. The number of pyridine rings is 1. The Kier molecular flexibility index (Phi) is 4.07. The van der Waals surface area contributed by atoms with Crippen LogP contribution in [-0.4, -0.2) is 43.9 Å². The van der Waals surface area contributed by atoms with Crippen molar-refractivity contribution in [2.24, 2.45) is 5.92 Å². The van der Waals surface area contributed by atoms with Crippen LogP contribution >= 0.6 is 11.6 Å². The van der Waals surface area contributed by atoms with Crippen molar-refractivity contribution in [2.75, 3.05) is 20.2 Å². The number of methoxy groups -OCH3 is 1. The number of nitrogens with zero attached hydrogens (tertiary/aromatic N) is 2.